The Balaban J connectivity index is 1.24. The van der Waals surface area contributed by atoms with Crippen molar-refractivity contribution in [2.24, 2.45) is 7.05 Å². The van der Waals surface area contributed by atoms with Gasteiger partial charge in [-0.1, -0.05) is 0 Å². The zero-order valence-electron chi connectivity index (χ0n) is 22.5. The van der Waals surface area contributed by atoms with E-state index in [2.05, 4.69) is 21.3 Å². The van der Waals surface area contributed by atoms with Crippen molar-refractivity contribution in [3.63, 3.8) is 0 Å². The lowest BCUT2D eigenvalue weighted by Crippen LogP contribution is -2.39. The van der Waals surface area contributed by atoms with E-state index in [9.17, 15) is 14.3 Å². The van der Waals surface area contributed by atoms with Crippen molar-refractivity contribution >= 4 is 22.5 Å². The van der Waals surface area contributed by atoms with Gasteiger partial charge in [0.05, 0.1) is 17.3 Å². The van der Waals surface area contributed by atoms with Gasteiger partial charge in [-0.25, -0.2) is 4.39 Å². The third-order valence-electron chi connectivity index (χ3n) is 8.12. The highest BCUT2D eigenvalue weighted by Gasteiger charge is 2.28. The second-order valence-corrected chi connectivity index (χ2v) is 11.1. The minimum atomic E-state index is -0.622. The van der Waals surface area contributed by atoms with Gasteiger partial charge in [-0.15, -0.1) is 0 Å². The van der Waals surface area contributed by atoms with Crippen LogP contribution in [0.15, 0.2) is 36.4 Å². The van der Waals surface area contributed by atoms with Crippen molar-refractivity contribution in [1.82, 2.24) is 9.88 Å². The quantitative estimate of drug-likeness (QED) is 0.377. The fourth-order valence-corrected chi connectivity index (χ4v) is 5.53. The lowest BCUT2D eigenvalue weighted by Gasteiger charge is -2.33. The number of aromatic nitrogens is 1. The van der Waals surface area contributed by atoms with Gasteiger partial charge in [-0.05, 0) is 88.3 Å². The van der Waals surface area contributed by atoms with Gasteiger partial charge in [0, 0.05) is 54.6 Å². The van der Waals surface area contributed by atoms with Crippen molar-refractivity contribution in [3.8, 4) is 5.75 Å². The molecule has 1 aromatic heterocycles. The molecule has 1 saturated heterocycles. The smallest absolute Gasteiger partial charge is 0.258 e. The molecule has 8 heteroatoms. The summed E-state index contributed by atoms with van der Waals surface area (Å²) in [5.74, 6) is -0.735. The molecule has 5 rings (SSSR count). The van der Waals surface area contributed by atoms with E-state index in [1.165, 1.54) is 12.1 Å². The van der Waals surface area contributed by atoms with Crippen LogP contribution in [0.1, 0.15) is 67.1 Å². The van der Waals surface area contributed by atoms with E-state index in [-0.39, 0.29) is 11.7 Å². The average molecular weight is 524 g/mol. The number of ether oxygens (including phenoxy) is 2. The highest BCUT2D eigenvalue weighted by Crippen LogP contribution is 2.30. The third-order valence-corrected chi connectivity index (χ3v) is 8.12. The molecule has 2 fully saturated rings. The van der Waals surface area contributed by atoms with Crippen LogP contribution in [0, 0.1) is 12.7 Å². The Labute approximate surface area is 223 Å². The van der Waals surface area contributed by atoms with Gasteiger partial charge in [0.1, 0.15) is 18.2 Å². The normalized spacial score (nSPS) is 23.6. The van der Waals surface area contributed by atoms with Crippen LogP contribution in [0.2, 0.25) is 0 Å². The van der Waals surface area contributed by atoms with Crippen molar-refractivity contribution in [1.29, 1.82) is 0 Å². The number of carbonyl (C=O) groups is 1. The van der Waals surface area contributed by atoms with Crippen LogP contribution in [-0.2, 0) is 18.3 Å². The number of aliphatic hydroxyl groups is 1. The summed E-state index contributed by atoms with van der Waals surface area (Å²) in [4.78, 5) is 13.0. The third kappa shape index (κ3) is 5.87. The zero-order valence-corrected chi connectivity index (χ0v) is 22.5. The van der Waals surface area contributed by atoms with Gasteiger partial charge in [0.2, 0.25) is 0 Å². The van der Waals surface area contributed by atoms with Gasteiger partial charge in [-0.3, -0.25) is 4.79 Å². The maximum absolute atomic E-state index is 14.8. The molecule has 204 valence electrons. The molecule has 1 atom stereocenters. The van der Waals surface area contributed by atoms with Gasteiger partial charge in [0.15, 0.2) is 0 Å². The number of benzene rings is 2. The number of hydrogen-bond acceptors (Lipinski definition) is 5. The fourth-order valence-electron chi connectivity index (χ4n) is 5.53. The Morgan fingerprint density at radius 2 is 2.00 bits per heavy atom. The van der Waals surface area contributed by atoms with Crippen LogP contribution in [-0.4, -0.2) is 46.5 Å². The number of anilines is 1. The van der Waals surface area contributed by atoms with E-state index in [0.717, 1.165) is 73.8 Å². The number of fused-ring (bicyclic) bond motifs is 1. The maximum atomic E-state index is 14.8. The largest absolute Gasteiger partial charge is 0.491 e. The standard InChI is InChI=1S/C30H38FN3O4/c1-19-25-15-21(17-32-20-10-12-30(2,36)13-11-20)34(3)28(25)9-8-27(19)33-29(35)24-7-6-22(16-26(24)31)38-18-23-5-4-14-37-23/h6-9,15-16,20,23,32,36H,4-5,10-14,17-18H2,1-3H3,(H,33,35)/t20-,23-,30+/m0/s1. The molecule has 3 N–H and O–H groups in total. The molecule has 2 aromatic carbocycles. The summed E-state index contributed by atoms with van der Waals surface area (Å²) in [5, 5.41) is 17.8. The Kier molecular flexibility index (Phi) is 7.75. The summed E-state index contributed by atoms with van der Waals surface area (Å²) in [7, 11) is 2.04. The number of hydrogen-bond donors (Lipinski definition) is 3. The molecule has 2 heterocycles. The van der Waals surface area contributed by atoms with Crippen LogP contribution in [0.4, 0.5) is 10.1 Å². The van der Waals surface area contributed by atoms with Crippen molar-refractivity contribution in [2.45, 2.75) is 76.7 Å². The number of carbonyl (C=O) groups excluding carboxylic acids is 1. The zero-order chi connectivity index (χ0) is 26.9. The van der Waals surface area contributed by atoms with E-state index in [0.29, 0.717) is 24.1 Å². The van der Waals surface area contributed by atoms with Crippen molar-refractivity contribution in [2.75, 3.05) is 18.5 Å². The van der Waals surface area contributed by atoms with Gasteiger partial charge < -0.3 is 29.8 Å². The van der Waals surface area contributed by atoms with E-state index < -0.39 is 17.3 Å². The Hall–Kier alpha value is -2.94. The second-order valence-electron chi connectivity index (χ2n) is 11.1. The highest BCUT2D eigenvalue weighted by molar-refractivity contribution is 6.06. The van der Waals surface area contributed by atoms with Crippen LogP contribution in [0.3, 0.4) is 0 Å². The molecule has 3 aromatic rings. The fraction of sp³-hybridized carbons (Fsp3) is 0.500. The molecule has 1 saturated carbocycles. The maximum Gasteiger partial charge on any atom is 0.258 e. The topological polar surface area (TPSA) is 84.8 Å². The molecule has 1 aliphatic carbocycles. The first-order chi connectivity index (χ1) is 18.2. The number of aryl methyl sites for hydroxylation is 2. The predicted octanol–water partition coefficient (Wildman–Crippen LogP) is 5.22. The van der Waals surface area contributed by atoms with Crippen LogP contribution in [0.5, 0.6) is 5.75 Å². The van der Waals surface area contributed by atoms with E-state index in [4.69, 9.17) is 9.47 Å². The molecule has 0 unspecified atom stereocenters. The number of amides is 1. The molecule has 7 nitrogen and oxygen atoms in total. The first-order valence-electron chi connectivity index (χ1n) is 13.6. The summed E-state index contributed by atoms with van der Waals surface area (Å²) in [6, 6.07) is 10.7. The molecule has 1 amide bonds. The van der Waals surface area contributed by atoms with E-state index >= 15 is 0 Å². The molecule has 0 spiro atoms. The number of nitrogens with zero attached hydrogens (tertiary/aromatic N) is 1. The van der Waals surface area contributed by atoms with E-state index in [1.807, 2.05) is 33.0 Å². The minimum Gasteiger partial charge on any atom is -0.491 e. The SMILES string of the molecule is Cc1c(NC(=O)c2ccc(OC[C@@H]3CCCO3)cc2F)ccc2c1cc(CN[C@H]1CC[C@@](C)(O)CC1)n2C. The molecule has 0 bridgehead atoms. The Bertz CT molecular complexity index is 1300. The predicted molar refractivity (Wildman–Crippen MR) is 146 cm³/mol. The molecule has 38 heavy (non-hydrogen) atoms. The first-order valence-corrected chi connectivity index (χ1v) is 13.6. The number of nitrogens with one attached hydrogen (secondary N) is 2. The summed E-state index contributed by atoms with van der Waals surface area (Å²) >= 11 is 0. The van der Waals surface area contributed by atoms with Crippen LogP contribution < -0.4 is 15.4 Å². The molecule has 2 aliphatic rings. The minimum absolute atomic E-state index is 0.0293. The lowest BCUT2D eigenvalue weighted by atomic mass is 9.83. The first kappa shape index (κ1) is 26.7. The van der Waals surface area contributed by atoms with Gasteiger partial charge in [-0.2, -0.15) is 0 Å². The van der Waals surface area contributed by atoms with Crippen LogP contribution in [0.25, 0.3) is 10.9 Å². The molecule has 1 aliphatic heterocycles. The summed E-state index contributed by atoms with van der Waals surface area (Å²) in [5.41, 5.74) is 3.23. The monoisotopic (exact) mass is 523 g/mol. The second kappa shape index (κ2) is 11.0. The number of rotatable bonds is 8. The molecular formula is C30H38FN3O4. The van der Waals surface area contributed by atoms with Crippen molar-refractivity contribution < 1.29 is 23.8 Å². The Morgan fingerprint density at radius 1 is 1.21 bits per heavy atom. The Morgan fingerprint density at radius 3 is 2.71 bits per heavy atom. The van der Waals surface area contributed by atoms with Gasteiger partial charge in [0.25, 0.3) is 5.91 Å². The van der Waals surface area contributed by atoms with Crippen LogP contribution >= 0.6 is 0 Å². The summed E-state index contributed by atoms with van der Waals surface area (Å²) < 4.78 is 28.2. The summed E-state index contributed by atoms with van der Waals surface area (Å²) in [6.07, 6.45) is 5.55. The molecular weight excluding hydrogens is 485 g/mol. The highest BCUT2D eigenvalue weighted by atomic mass is 19.1. The lowest BCUT2D eigenvalue weighted by molar-refractivity contribution is 0.0139. The van der Waals surface area contributed by atoms with Crippen molar-refractivity contribution in [3.05, 3.63) is 59.0 Å². The number of halogens is 1. The average Bonchev–Trinajstić information content (AvgIpc) is 3.52. The molecule has 0 radical (unpaired) electrons. The van der Waals surface area contributed by atoms with Gasteiger partial charge >= 0.3 is 0 Å². The van der Waals surface area contributed by atoms with E-state index in [1.54, 1.807) is 6.07 Å². The summed E-state index contributed by atoms with van der Waals surface area (Å²) in [6.45, 7) is 5.72.